The van der Waals surface area contributed by atoms with Crippen LogP contribution in [0.15, 0.2) is 24.4 Å². The Morgan fingerprint density at radius 2 is 2.20 bits per heavy atom. The topological polar surface area (TPSA) is 41.8 Å². The average Bonchev–Trinajstić information content (AvgIpc) is 2.61. The Balaban J connectivity index is 2.39. The maximum Gasteiger partial charge on any atom is 0.0456 e. The average molecular weight is 202 g/mol. The third-order valence-corrected chi connectivity index (χ3v) is 2.93. The number of nitrogens with two attached hydrogens (primary N) is 1. The van der Waals surface area contributed by atoms with E-state index in [1.54, 1.807) is 0 Å². The highest BCUT2D eigenvalue weighted by molar-refractivity contribution is 5.83. The molecule has 2 rings (SSSR count). The summed E-state index contributed by atoms with van der Waals surface area (Å²) < 4.78 is 0. The molecule has 2 aromatic rings. The first-order valence-electron chi connectivity index (χ1n) is 5.53. The Labute approximate surface area is 90.5 Å². The van der Waals surface area contributed by atoms with Crippen LogP contribution in [0.5, 0.6) is 0 Å². The van der Waals surface area contributed by atoms with Crippen molar-refractivity contribution in [2.24, 2.45) is 5.73 Å². The van der Waals surface area contributed by atoms with Crippen molar-refractivity contribution >= 4 is 10.9 Å². The molecule has 0 amide bonds. The first-order valence-corrected chi connectivity index (χ1v) is 5.53. The number of rotatable bonds is 3. The van der Waals surface area contributed by atoms with Gasteiger partial charge in [0.05, 0.1) is 0 Å². The number of aromatic nitrogens is 1. The fourth-order valence-electron chi connectivity index (χ4n) is 1.89. The molecule has 3 N–H and O–H groups in total. The van der Waals surface area contributed by atoms with E-state index in [9.17, 15) is 0 Å². The Morgan fingerprint density at radius 1 is 1.40 bits per heavy atom. The summed E-state index contributed by atoms with van der Waals surface area (Å²) in [5.74, 6) is 0. The highest BCUT2D eigenvalue weighted by Crippen LogP contribution is 2.20. The molecular formula is C13H18N2. The molecule has 0 aliphatic rings. The Hall–Kier alpha value is -1.28. The molecule has 0 aliphatic heterocycles. The standard InChI is InChI=1S/C13H18N2/c1-3-11(14)7-10-8-15-13-5-4-9(2)6-12(10)13/h4-6,8,11,15H,3,7,14H2,1-2H3. The molecule has 2 nitrogen and oxygen atoms in total. The summed E-state index contributed by atoms with van der Waals surface area (Å²) in [5.41, 5.74) is 9.82. The van der Waals surface area contributed by atoms with E-state index in [0.717, 1.165) is 12.8 Å². The molecule has 0 saturated carbocycles. The number of benzene rings is 1. The molecule has 1 atom stereocenters. The normalized spacial score (nSPS) is 13.3. The Morgan fingerprint density at radius 3 is 2.93 bits per heavy atom. The van der Waals surface area contributed by atoms with Crippen molar-refractivity contribution in [3.8, 4) is 0 Å². The number of aromatic amines is 1. The molecule has 2 heteroatoms. The predicted octanol–water partition coefficient (Wildman–Crippen LogP) is 2.76. The summed E-state index contributed by atoms with van der Waals surface area (Å²) in [4.78, 5) is 3.29. The number of fused-ring (bicyclic) bond motifs is 1. The molecule has 0 saturated heterocycles. The van der Waals surface area contributed by atoms with Gasteiger partial charge in [0.2, 0.25) is 0 Å². The van der Waals surface area contributed by atoms with Gasteiger partial charge in [0, 0.05) is 23.1 Å². The van der Waals surface area contributed by atoms with E-state index < -0.39 is 0 Å². The molecule has 0 aliphatic carbocycles. The van der Waals surface area contributed by atoms with Gasteiger partial charge < -0.3 is 10.7 Å². The fourth-order valence-corrected chi connectivity index (χ4v) is 1.89. The second-order valence-electron chi connectivity index (χ2n) is 4.24. The molecule has 1 aromatic heterocycles. The van der Waals surface area contributed by atoms with Gasteiger partial charge in [-0.2, -0.15) is 0 Å². The van der Waals surface area contributed by atoms with E-state index in [1.165, 1.54) is 22.0 Å². The van der Waals surface area contributed by atoms with Crippen molar-refractivity contribution in [1.29, 1.82) is 0 Å². The predicted molar refractivity (Wildman–Crippen MR) is 65.0 cm³/mol. The fraction of sp³-hybridized carbons (Fsp3) is 0.385. The van der Waals surface area contributed by atoms with Gasteiger partial charge in [0.1, 0.15) is 0 Å². The summed E-state index contributed by atoms with van der Waals surface area (Å²) in [5, 5.41) is 1.32. The molecule has 1 heterocycles. The molecule has 1 aromatic carbocycles. The zero-order chi connectivity index (χ0) is 10.8. The minimum atomic E-state index is 0.268. The quantitative estimate of drug-likeness (QED) is 0.789. The lowest BCUT2D eigenvalue weighted by Crippen LogP contribution is -2.21. The van der Waals surface area contributed by atoms with Gasteiger partial charge >= 0.3 is 0 Å². The number of hydrogen-bond acceptors (Lipinski definition) is 1. The maximum absolute atomic E-state index is 5.98. The van der Waals surface area contributed by atoms with Crippen LogP contribution in [-0.4, -0.2) is 11.0 Å². The van der Waals surface area contributed by atoms with Crippen molar-refractivity contribution in [2.75, 3.05) is 0 Å². The van der Waals surface area contributed by atoms with Crippen molar-refractivity contribution in [1.82, 2.24) is 4.98 Å². The first kappa shape index (κ1) is 10.2. The molecule has 0 radical (unpaired) electrons. The second kappa shape index (κ2) is 4.07. The number of nitrogens with one attached hydrogen (secondary N) is 1. The van der Waals surface area contributed by atoms with Crippen LogP contribution in [0.25, 0.3) is 10.9 Å². The highest BCUT2D eigenvalue weighted by atomic mass is 14.7. The maximum atomic E-state index is 5.98. The first-order chi connectivity index (χ1) is 7.20. The van der Waals surface area contributed by atoms with E-state index in [2.05, 4.69) is 43.2 Å². The summed E-state index contributed by atoms with van der Waals surface area (Å²) in [6.07, 6.45) is 4.07. The third kappa shape index (κ3) is 2.05. The van der Waals surface area contributed by atoms with Gasteiger partial charge in [-0.25, -0.2) is 0 Å². The van der Waals surface area contributed by atoms with E-state index in [1.807, 2.05) is 0 Å². The SMILES string of the molecule is CCC(N)Cc1c[nH]c2ccc(C)cc12. The van der Waals surface area contributed by atoms with E-state index in [4.69, 9.17) is 5.73 Å². The molecular weight excluding hydrogens is 184 g/mol. The molecule has 0 spiro atoms. The van der Waals surface area contributed by atoms with Crippen LogP contribution in [0, 0.1) is 6.92 Å². The largest absolute Gasteiger partial charge is 0.361 e. The second-order valence-corrected chi connectivity index (χ2v) is 4.24. The van der Waals surface area contributed by atoms with Gasteiger partial charge in [0.15, 0.2) is 0 Å². The van der Waals surface area contributed by atoms with Crippen LogP contribution >= 0.6 is 0 Å². The molecule has 15 heavy (non-hydrogen) atoms. The van der Waals surface area contributed by atoms with Crippen LogP contribution in [-0.2, 0) is 6.42 Å². The van der Waals surface area contributed by atoms with Crippen LogP contribution in [0.2, 0.25) is 0 Å². The monoisotopic (exact) mass is 202 g/mol. The van der Waals surface area contributed by atoms with E-state index in [-0.39, 0.29) is 6.04 Å². The van der Waals surface area contributed by atoms with Gasteiger partial charge in [-0.3, -0.25) is 0 Å². The lowest BCUT2D eigenvalue weighted by atomic mass is 10.0. The lowest BCUT2D eigenvalue weighted by molar-refractivity contribution is 0.648. The molecule has 80 valence electrons. The Bertz CT molecular complexity index is 457. The van der Waals surface area contributed by atoms with Crippen molar-refractivity contribution < 1.29 is 0 Å². The molecule has 1 unspecified atom stereocenters. The summed E-state index contributed by atoms with van der Waals surface area (Å²) in [6.45, 7) is 4.25. The van der Waals surface area contributed by atoms with Crippen molar-refractivity contribution in [3.05, 3.63) is 35.5 Å². The summed E-state index contributed by atoms with van der Waals surface area (Å²) in [6, 6.07) is 6.75. The van der Waals surface area contributed by atoms with Crippen LogP contribution in [0.3, 0.4) is 0 Å². The third-order valence-electron chi connectivity index (χ3n) is 2.93. The minimum absolute atomic E-state index is 0.268. The molecule has 0 bridgehead atoms. The lowest BCUT2D eigenvalue weighted by Gasteiger charge is -2.07. The van der Waals surface area contributed by atoms with Crippen molar-refractivity contribution in [3.63, 3.8) is 0 Å². The molecule has 0 fully saturated rings. The smallest absolute Gasteiger partial charge is 0.0456 e. The van der Waals surface area contributed by atoms with Gasteiger partial charge in [-0.1, -0.05) is 18.6 Å². The number of hydrogen-bond donors (Lipinski definition) is 2. The van der Waals surface area contributed by atoms with Crippen LogP contribution in [0.4, 0.5) is 0 Å². The van der Waals surface area contributed by atoms with Gasteiger partial charge in [-0.05, 0) is 37.5 Å². The van der Waals surface area contributed by atoms with Crippen LogP contribution in [0.1, 0.15) is 24.5 Å². The van der Waals surface area contributed by atoms with Gasteiger partial charge in [-0.15, -0.1) is 0 Å². The summed E-state index contributed by atoms with van der Waals surface area (Å²) in [7, 11) is 0. The van der Waals surface area contributed by atoms with Crippen LogP contribution < -0.4 is 5.73 Å². The number of H-pyrrole nitrogens is 1. The zero-order valence-electron chi connectivity index (χ0n) is 9.38. The van der Waals surface area contributed by atoms with E-state index >= 15 is 0 Å². The van der Waals surface area contributed by atoms with Crippen molar-refractivity contribution in [2.45, 2.75) is 32.7 Å². The summed E-state index contributed by atoms with van der Waals surface area (Å²) >= 11 is 0. The van der Waals surface area contributed by atoms with E-state index in [0.29, 0.717) is 0 Å². The van der Waals surface area contributed by atoms with Gasteiger partial charge in [0.25, 0.3) is 0 Å². The Kier molecular flexibility index (Phi) is 2.78. The minimum Gasteiger partial charge on any atom is -0.361 e. The zero-order valence-corrected chi connectivity index (χ0v) is 9.38. The highest BCUT2D eigenvalue weighted by Gasteiger charge is 2.07. The number of aryl methyl sites for hydroxylation is 1.